The molecule has 0 saturated carbocycles. The normalized spacial score (nSPS) is 13.6. The van der Waals surface area contributed by atoms with E-state index in [-0.39, 0.29) is 6.04 Å². The van der Waals surface area contributed by atoms with E-state index in [0.29, 0.717) is 5.82 Å². The van der Waals surface area contributed by atoms with Crippen LogP contribution in [0.25, 0.3) is 167 Å². The van der Waals surface area contributed by atoms with Gasteiger partial charge in [0.2, 0.25) is 0 Å². The molecule has 498 valence electrons. The number of benzene rings is 14. The summed E-state index contributed by atoms with van der Waals surface area (Å²) < 4.78 is 0. The molecule has 0 fully saturated rings. The number of hydrogen-bond donors (Lipinski definition) is 1. The van der Waals surface area contributed by atoms with Gasteiger partial charge < -0.3 is 5.32 Å². The Kier molecular flexibility index (Phi) is 16.4. The molecule has 0 radical (unpaired) electrons. The third-order valence-corrected chi connectivity index (χ3v) is 20.8. The minimum absolute atomic E-state index is 0.160. The molecule has 1 unspecified atom stereocenters. The lowest BCUT2D eigenvalue weighted by Gasteiger charge is -2.27. The van der Waals surface area contributed by atoms with Crippen molar-refractivity contribution in [1.29, 1.82) is 0 Å². The van der Waals surface area contributed by atoms with Gasteiger partial charge in [-0.15, -0.1) is 0 Å². The predicted molar refractivity (Wildman–Crippen MR) is 441 cm³/mol. The molecule has 1 aliphatic carbocycles. The van der Waals surface area contributed by atoms with Crippen molar-refractivity contribution in [1.82, 2.24) is 25.3 Å². The molecule has 0 bridgehead atoms. The highest BCUT2D eigenvalue weighted by Gasteiger charge is 2.25. The lowest BCUT2D eigenvalue weighted by Crippen LogP contribution is -2.31. The number of hydrogen-bond acceptors (Lipinski definition) is 6. The molecular weight excluding hydrogens is 1290 g/mol. The molecule has 6 heteroatoms. The number of aromatic nitrogens is 4. The molecule has 0 spiro atoms. The molecule has 106 heavy (non-hydrogen) atoms. The molecule has 2 aliphatic rings. The van der Waals surface area contributed by atoms with Crippen LogP contribution in [-0.4, -0.2) is 25.8 Å². The maximum Gasteiger partial charge on any atom is 0.160 e. The summed E-state index contributed by atoms with van der Waals surface area (Å²) in [5.41, 5.74) is 28.9. The van der Waals surface area contributed by atoms with Gasteiger partial charge in [0.1, 0.15) is 5.84 Å². The van der Waals surface area contributed by atoms with Gasteiger partial charge in [-0.25, -0.2) is 24.9 Å². The average molecular weight is 1350 g/mol. The topological polar surface area (TPSA) is 76.0 Å². The van der Waals surface area contributed by atoms with Gasteiger partial charge >= 0.3 is 0 Å². The second-order valence-electron chi connectivity index (χ2n) is 27.3. The fourth-order valence-corrected chi connectivity index (χ4v) is 15.6. The van der Waals surface area contributed by atoms with Crippen LogP contribution >= 0.6 is 0 Å². The van der Waals surface area contributed by atoms with Gasteiger partial charge in [-0.2, -0.15) is 0 Å². The maximum atomic E-state index is 5.43. The zero-order valence-corrected chi connectivity index (χ0v) is 58.0. The quantitative estimate of drug-likeness (QED) is 0.110. The van der Waals surface area contributed by atoms with Crippen molar-refractivity contribution in [3.8, 4) is 112 Å². The van der Waals surface area contributed by atoms with Crippen LogP contribution in [0.4, 0.5) is 0 Å². The third kappa shape index (κ3) is 12.1. The van der Waals surface area contributed by atoms with Gasteiger partial charge in [-0.1, -0.05) is 334 Å². The van der Waals surface area contributed by atoms with Crippen LogP contribution in [-0.2, 0) is 0 Å². The van der Waals surface area contributed by atoms with Crippen molar-refractivity contribution in [3.05, 3.63) is 398 Å². The van der Waals surface area contributed by atoms with Crippen LogP contribution in [0.2, 0.25) is 0 Å². The van der Waals surface area contributed by atoms with Crippen LogP contribution in [0, 0.1) is 0 Å². The van der Waals surface area contributed by atoms with Gasteiger partial charge in [0.25, 0.3) is 0 Å². The highest BCUT2D eigenvalue weighted by Crippen LogP contribution is 2.44. The van der Waals surface area contributed by atoms with E-state index in [0.717, 1.165) is 169 Å². The van der Waals surface area contributed by atoms with E-state index in [1.807, 2.05) is 0 Å². The van der Waals surface area contributed by atoms with Gasteiger partial charge in [0, 0.05) is 65.7 Å². The van der Waals surface area contributed by atoms with Crippen LogP contribution < -0.4 is 5.32 Å². The molecule has 1 aliphatic heterocycles. The summed E-state index contributed by atoms with van der Waals surface area (Å²) in [6, 6.07) is 127. The molecule has 0 amide bonds. The average Bonchev–Trinajstić information content (AvgIpc) is 0.749. The zero-order valence-electron chi connectivity index (χ0n) is 58.0. The summed E-state index contributed by atoms with van der Waals surface area (Å²) in [5.74, 6) is 1.52. The number of amidine groups is 1. The van der Waals surface area contributed by atoms with Crippen molar-refractivity contribution in [2.24, 2.45) is 4.99 Å². The molecule has 1 N–H and O–H groups in total. The molecule has 19 rings (SSSR count). The molecule has 4 heterocycles. The van der Waals surface area contributed by atoms with Crippen LogP contribution in [0.1, 0.15) is 35.6 Å². The molecule has 3 aromatic heterocycles. The minimum Gasteiger partial charge on any atom is -0.359 e. The van der Waals surface area contributed by atoms with Crippen molar-refractivity contribution in [2.75, 3.05) is 0 Å². The van der Waals surface area contributed by atoms with Crippen molar-refractivity contribution >= 4 is 60.5 Å². The molecule has 17 aromatic rings. The summed E-state index contributed by atoms with van der Waals surface area (Å²) in [6.45, 7) is 0. The van der Waals surface area contributed by atoms with Gasteiger partial charge in [0.15, 0.2) is 5.82 Å². The first-order valence-corrected chi connectivity index (χ1v) is 36.4. The summed E-state index contributed by atoms with van der Waals surface area (Å²) >= 11 is 0. The van der Waals surface area contributed by atoms with E-state index >= 15 is 0 Å². The Hall–Kier alpha value is -13.8. The Balaban J connectivity index is 0.619. The molecule has 14 aromatic carbocycles. The third-order valence-electron chi connectivity index (χ3n) is 20.8. The lowest BCUT2D eigenvalue weighted by atomic mass is 9.87. The highest BCUT2D eigenvalue weighted by atomic mass is 15.1. The van der Waals surface area contributed by atoms with E-state index in [1.54, 1.807) is 0 Å². The first kappa shape index (κ1) is 63.1. The minimum atomic E-state index is -0.160. The highest BCUT2D eigenvalue weighted by molar-refractivity contribution is 6.19. The molecule has 1 atom stereocenters. The number of allylic oxidation sites excluding steroid dienone is 2. The Morgan fingerprint density at radius 3 is 1.31 bits per heavy atom. The second-order valence-corrected chi connectivity index (χ2v) is 27.3. The lowest BCUT2D eigenvalue weighted by molar-refractivity contribution is 0.780. The summed E-state index contributed by atoms with van der Waals surface area (Å²) in [4.78, 5) is 26.7. The van der Waals surface area contributed by atoms with E-state index in [2.05, 4.69) is 381 Å². The Morgan fingerprint density at radius 2 is 0.717 bits per heavy atom. The fourth-order valence-electron chi connectivity index (χ4n) is 15.6. The molecular formula is C100H68N6. The second kappa shape index (κ2) is 27.5. The van der Waals surface area contributed by atoms with Gasteiger partial charge in [0.05, 0.1) is 45.5 Å². The van der Waals surface area contributed by atoms with Crippen molar-refractivity contribution in [3.63, 3.8) is 0 Å². The SMILES string of the molecule is C1=C(C2=NC(c3ccccc3)=CC(c3cccc(-c4cccc5c(-c6ccccc6)nc6ccccc6c45)c3)N2)C=C(c2ccccc2-c2ccc(-c3ccc(-c4cc(-c5cccc(-c6cccc7c(-c8ccccc8)nc8ccccc8c67)c5)nc(-c5ccc(-c6ccccc6)cc5)n4)cc3)cc2)CC1. The molecule has 0 saturated heterocycles. The summed E-state index contributed by atoms with van der Waals surface area (Å²) in [6.07, 6.45) is 8.78. The van der Waals surface area contributed by atoms with Crippen LogP contribution in [0.5, 0.6) is 0 Å². The van der Waals surface area contributed by atoms with Crippen molar-refractivity contribution in [2.45, 2.75) is 18.9 Å². The summed E-state index contributed by atoms with van der Waals surface area (Å²) in [5, 5.41) is 10.8. The smallest absolute Gasteiger partial charge is 0.160 e. The maximum absolute atomic E-state index is 5.43. The first-order chi connectivity index (χ1) is 52.5. The van der Waals surface area contributed by atoms with Crippen LogP contribution in [0.3, 0.4) is 0 Å². The number of aliphatic imine (C=N–C) groups is 1. The molecule has 6 nitrogen and oxygen atoms in total. The monoisotopic (exact) mass is 1350 g/mol. The van der Waals surface area contributed by atoms with E-state index in [9.17, 15) is 0 Å². The first-order valence-electron chi connectivity index (χ1n) is 36.4. The van der Waals surface area contributed by atoms with Crippen molar-refractivity contribution < 1.29 is 0 Å². The number of rotatable bonds is 14. The number of para-hydroxylation sites is 2. The zero-order chi connectivity index (χ0) is 70.3. The number of pyridine rings is 2. The van der Waals surface area contributed by atoms with E-state index < -0.39 is 0 Å². The fraction of sp³-hybridized carbons (Fsp3) is 0.0300. The number of nitrogens with one attached hydrogen (secondary N) is 1. The van der Waals surface area contributed by atoms with E-state index in [4.69, 9.17) is 24.9 Å². The van der Waals surface area contributed by atoms with Gasteiger partial charge in [-0.3, -0.25) is 0 Å². The predicted octanol–water partition coefficient (Wildman–Crippen LogP) is 25.4. The summed E-state index contributed by atoms with van der Waals surface area (Å²) in [7, 11) is 0. The van der Waals surface area contributed by atoms with Gasteiger partial charge in [-0.05, 0) is 133 Å². The Labute approximate surface area is 616 Å². The largest absolute Gasteiger partial charge is 0.359 e. The van der Waals surface area contributed by atoms with E-state index in [1.165, 1.54) is 33.0 Å². The Bertz CT molecular complexity index is 6360. The number of nitrogens with zero attached hydrogens (tertiary/aromatic N) is 5. The Morgan fingerprint density at radius 1 is 0.292 bits per heavy atom. The number of fused-ring (bicyclic) bond motifs is 6. The van der Waals surface area contributed by atoms with Crippen LogP contribution in [0.15, 0.2) is 387 Å². The standard InChI is InChI=1S/C100H68N6/c1-5-24-65(25-6-1)66-52-58-74(59-53-66)99-103-92(64-93(105-99)78-35-19-33-76(60-78)83-42-22-44-87-95(83)85-40-15-17-46-89(85)101-97(87)72-28-9-3-10-29-72)71-56-50-68(51-57-71)67-48-54-69(55-49-67)81-38-13-14-39-82(81)75-32-21-37-80(62-75)100-104-91(70-26-7-2-8-27-70)63-94(106-100)79-36-20-34-77(61-79)84-43-23-45-88-96(84)86-41-16-18-47-90(86)102-98(88)73-30-11-4-12-31-73/h1-20,22-31,33-64,94H,21,32H2,(H,104,106).